The van der Waals surface area contributed by atoms with Gasteiger partial charge in [0.15, 0.2) is 5.82 Å². The van der Waals surface area contributed by atoms with Crippen molar-refractivity contribution in [2.45, 2.75) is 36.6 Å². The van der Waals surface area contributed by atoms with Gasteiger partial charge >= 0.3 is 6.03 Å². The molecule has 2 aromatic rings. The monoisotopic (exact) mass is 461 g/mol. The SMILES string of the molecule is O=C(NCCO)Nc1ccc(-c2nc3c(c(N4CC5CCC(C4)O5)n2)CS(O)(O)C3)cc1. The number of fused-ring (bicyclic) bond motifs is 3. The van der Waals surface area contributed by atoms with E-state index >= 15 is 0 Å². The molecule has 5 N–H and O–H groups in total. The number of aliphatic hydroxyl groups excluding tert-OH is 1. The van der Waals surface area contributed by atoms with Crippen LogP contribution in [0.15, 0.2) is 24.3 Å². The number of ether oxygens (including phenoxy) is 1. The summed E-state index contributed by atoms with van der Waals surface area (Å²) in [5, 5.41) is 14.0. The van der Waals surface area contributed by atoms with Crippen LogP contribution in [0.3, 0.4) is 0 Å². The molecular weight excluding hydrogens is 434 g/mol. The number of hydrogen-bond donors (Lipinski definition) is 5. The fourth-order valence-electron chi connectivity index (χ4n) is 4.51. The Bertz CT molecular complexity index is 1010. The molecule has 0 spiro atoms. The van der Waals surface area contributed by atoms with E-state index in [0.29, 0.717) is 17.2 Å². The predicted molar refractivity (Wildman–Crippen MR) is 122 cm³/mol. The van der Waals surface area contributed by atoms with Gasteiger partial charge in [0.25, 0.3) is 0 Å². The second-order valence-electron chi connectivity index (χ2n) is 8.43. The van der Waals surface area contributed by atoms with Gasteiger partial charge in [0.05, 0.1) is 36.0 Å². The number of carbonyl (C=O) groups is 1. The van der Waals surface area contributed by atoms with E-state index in [2.05, 4.69) is 20.5 Å². The molecule has 3 aliphatic heterocycles. The number of benzene rings is 1. The van der Waals surface area contributed by atoms with Crippen LogP contribution in [0.5, 0.6) is 0 Å². The first-order valence-corrected chi connectivity index (χ1v) is 12.6. The molecule has 4 heterocycles. The predicted octanol–water partition coefficient (Wildman–Crippen LogP) is 2.39. The maximum Gasteiger partial charge on any atom is 0.319 e. The Hall–Kier alpha value is -2.44. The van der Waals surface area contributed by atoms with Gasteiger partial charge in [-0.15, -0.1) is 0 Å². The first-order valence-electron chi connectivity index (χ1n) is 10.7. The molecule has 172 valence electrons. The van der Waals surface area contributed by atoms with Crippen molar-refractivity contribution in [2.75, 3.05) is 36.5 Å². The molecule has 10 nitrogen and oxygen atoms in total. The molecule has 1 aromatic heterocycles. The summed E-state index contributed by atoms with van der Waals surface area (Å²) in [6.07, 6.45) is 2.45. The van der Waals surface area contributed by atoms with Gasteiger partial charge in [-0.25, -0.2) is 14.8 Å². The third-order valence-corrected chi connectivity index (χ3v) is 7.44. The molecule has 0 saturated carbocycles. The topological polar surface area (TPSA) is 140 Å². The molecule has 2 atom stereocenters. The maximum atomic E-state index is 11.8. The largest absolute Gasteiger partial charge is 0.395 e. The molecule has 2 bridgehead atoms. The number of nitrogens with one attached hydrogen (secondary N) is 2. The van der Waals surface area contributed by atoms with Crippen LogP contribution >= 0.6 is 10.6 Å². The van der Waals surface area contributed by atoms with Crippen molar-refractivity contribution in [1.82, 2.24) is 15.3 Å². The molecule has 32 heavy (non-hydrogen) atoms. The zero-order valence-electron chi connectivity index (χ0n) is 17.5. The van der Waals surface area contributed by atoms with E-state index in [4.69, 9.17) is 14.8 Å². The summed E-state index contributed by atoms with van der Waals surface area (Å²) in [6, 6.07) is 6.76. The molecule has 11 heteroatoms. The Kier molecular flexibility index (Phi) is 5.68. The van der Waals surface area contributed by atoms with Crippen molar-refractivity contribution in [3.63, 3.8) is 0 Å². The van der Waals surface area contributed by atoms with E-state index in [0.717, 1.165) is 42.9 Å². The van der Waals surface area contributed by atoms with Crippen LogP contribution in [0.4, 0.5) is 16.3 Å². The maximum absolute atomic E-state index is 11.8. The van der Waals surface area contributed by atoms with Crippen LogP contribution in [-0.4, -0.2) is 68.7 Å². The van der Waals surface area contributed by atoms with E-state index in [9.17, 15) is 13.9 Å². The van der Waals surface area contributed by atoms with Crippen LogP contribution < -0.4 is 15.5 Å². The number of morpholine rings is 1. The summed E-state index contributed by atoms with van der Waals surface area (Å²) in [5.74, 6) is 1.63. The molecule has 0 aliphatic carbocycles. The Balaban J connectivity index is 1.43. The van der Waals surface area contributed by atoms with Crippen molar-refractivity contribution in [2.24, 2.45) is 0 Å². The van der Waals surface area contributed by atoms with Crippen molar-refractivity contribution in [1.29, 1.82) is 0 Å². The fourth-order valence-corrected chi connectivity index (χ4v) is 6.05. The van der Waals surface area contributed by atoms with E-state index in [-0.39, 0.29) is 36.9 Å². The number of rotatable bonds is 5. The van der Waals surface area contributed by atoms with Crippen LogP contribution in [0.25, 0.3) is 11.4 Å². The third kappa shape index (κ3) is 4.39. The van der Waals surface area contributed by atoms with Crippen molar-refractivity contribution in [3.8, 4) is 11.4 Å². The lowest BCUT2D eigenvalue weighted by Crippen LogP contribution is -2.43. The number of amides is 2. The van der Waals surface area contributed by atoms with E-state index in [1.165, 1.54) is 0 Å². The minimum atomic E-state index is -2.74. The Morgan fingerprint density at radius 2 is 1.84 bits per heavy atom. The van der Waals surface area contributed by atoms with E-state index in [1.54, 1.807) is 12.1 Å². The summed E-state index contributed by atoms with van der Waals surface area (Å²) in [5.41, 5.74) is 2.89. The van der Waals surface area contributed by atoms with Crippen LogP contribution in [0.1, 0.15) is 24.1 Å². The number of urea groups is 1. The highest BCUT2D eigenvalue weighted by Gasteiger charge is 2.38. The zero-order chi connectivity index (χ0) is 22.3. The minimum Gasteiger partial charge on any atom is -0.395 e. The zero-order valence-corrected chi connectivity index (χ0v) is 18.3. The molecule has 3 aliphatic rings. The van der Waals surface area contributed by atoms with Gasteiger partial charge in [0.2, 0.25) is 0 Å². The van der Waals surface area contributed by atoms with E-state index in [1.807, 2.05) is 12.1 Å². The lowest BCUT2D eigenvalue weighted by molar-refractivity contribution is 0.0302. The summed E-state index contributed by atoms with van der Waals surface area (Å²) in [4.78, 5) is 23.5. The number of nitrogens with zero attached hydrogens (tertiary/aromatic N) is 3. The number of hydrogen-bond acceptors (Lipinski definition) is 8. The molecule has 5 rings (SSSR count). The standard InChI is InChI=1S/C21H27N5O5S/c27-8-7-22-21(28)23-14-3-1-13(2-4-14)19-24-18-12-32(29,30)11-17(18)20(25-19)26-9-15-5-6-16(10-26)31-15/h1-4,15-16,27,29-30H,5-12H2,(H2,22,23,28). The van der Waals surface area contributed by atoms with Crippen LogP contribution in [-0.2, 0) is 16.2 Å². The highest BCUT2D eigenvalue weighted by molar-refractivity contribution is 8.23. The van der Waals surface area contributed by atoms with Crippen molar-refractivity contribution in [3.05, 3.63) is 35.5 Å². The highest BCUT2D eigenvalue weighted by atomic mass is 32.3. The lowest BCUT2D eigenvalue weighted by Gasteiger charge is -2.34. The second kappa shape index (κ2) is 8.49. The first-order chi connectivity index (χ1) is 15.4. The number of carbonyl (C=O) groups excluding carboxylic acids is 1. The summed E-state index contributed by atoms with van der Waals surface area (Å²) in [7, 11) is -2.74. The van der Waals surface area contributed by atoms with Crippen LogP contribution in [0.2, 0.25) is 0 Å². The van der Waals surface area contributed by atoms with Gasteiger partial charge in [-0.3, -0.25) is 9.11 Å². The Morgan fingerprint density at radius 3 is 2.53 bits per heavy atom. The molecule has 2 fully saturated rings. The quantitative estimate of drug-likeness (QED) is 0.457. The lowest BCUT2D eigenvalue weighted by atomic mass is 10.1. The number of anilines is 2. The molecule has 2 amide bonds. The molecule has 2 saturated heterocycles. The Labute approximate surface area is 187 Å². The van der Waals surface area contributed by atoms with Gasteiger partial charge < -0.3 is 25.4 Å². The number of aromatic nitrogens is 2. The van der Waals surface area contributed by atoms with Gasteiger partial charge in [-0.05, 0) is 37.1 Å². The molecule has 1 aromatic carbocycles. The molecular formula is C21H27N5O5S. The minimum absolute atomic E-state index is 0.125. The second-order valence-corrected chi connectivity index (χ2v) is 10.6. The molecule has 0 radical (unpaired) electrons. The highest BCUT2D eigenvalue weighted by Crippen LogP contribution is 2.54. The average molecular weight is 462 g/mol. The smallest absolute Gasteiger partial charge is 0.319 e. The van der Waals surface area contributed by atoms with Gasteiger partial charge in [-0.1, -0.05) is 0 Å². The van der Waals surface area contributed by atoms with Gasteiger partial charge in [0.1, 0.15) is 5.82 Å². The normalized spacial score (nSPS) is 24.2. The molecule has 2 unspecified atom stereocenters. The van der Waals surface area contributed by atoms with Gasteiger partial charge in [-0.2, -0.15) is 10.6 Å². The average Bonchev–Trinajstić information content (AvgIpc) is 3.27. The number of aliphatic hydroxyl groups is 1. The summed E-state index contributed by atoms with van der Waals surface area (Å²) in [6.45, 7) is 1.53. The Morgan fingerprint density at radius 1 is 1.12 bits per heavy atom. The third-order valence-electron chi connectivity index (χ3n) is 5.96. The van der Waals surface area contributed by atoms with Crippen LogP contribution in [0, 0.1) is 0 Å². The van der Waals surface area contributed by atoms with Crippen molar-refractivity contribution < 1.29 is 23.7 Å². The first kappa shape index (κ1) is 21.4. The van der Waals surface area contributed by atoms with Gasteiger partial charge in [0, 0.05) is 36.4 Å². The van der Waals surface area contributed by atoms with Crippen molar-refractivity contribution >= 4 is 28.1 Å². The summed E-state index contributed by atoms with van der Waals surface area (Å²) >= 11 is 0. The summed E-state index contributed by atoms with van der Waals surface area (Å²) < 4.78 is 26.7. The fraction of sp³-hybridized carbons (Fsp3) is 0.476. The van der Waals surface area contributed by atoms with E-state index < -0.39 is 16.6 Å².